The number of carbonyl (C=O) groups excluding carboxylic acids is 2. The molecule has 0 atom stereocenters. The molecule has 2 amide bonds. The van der Waals surface area contributed by atoms with Crippen LogP contribution in [0.5, 0.6) is 5.75 Å². The van der Waals surface area contributed by atoms with Crippen LogP contribution in [0.4, 0.5) is 5.69 Å². The van der Waals surface area contributed by atoms with Gasteiger partial charge in [-0.1, -0.05) is 66.2 Å². The molecule has 3 N–H and O–H groups in total. The van der Waals surface area contributed by atoms with Crippen molar-refractivity contribution in [1.29, 1.82) is 0 Å². The van der Waals surface area contributed by atoms with E-state index < -0.39 is 5.91 Å². The Balaban J connectivity index is 1.71. The molecule has 0 aliphatic rings. The van der Waals surface area contributed by atoms with Crippen molar-refractivity contribution in [3.8, 4) is 5.75 Å². The van der Waals surface area contributed by atoms with Gasteiger partial charge in [0, 0.05) is 17.3 Å². The summed E-state index contributed by atoms with van der Waals surface area (Å²) in [5, 5.41) is 17.2. The Bertz CT molecular complexity index is 1320. The number of hydrogen-bond acceptors (Lipinski definition) is 3. The van der Waals surface area contributed by atoms with E-state index >= 15 is 0 Å². The zero-order valence-electron chi connectivity index (χ0n) is 17.5. The first kappa shape index (κ1) is 20.9. The standard InChI is InChI=1S/C27H22N2O3/c1-18-12-14-20(15-13-18)26(31)29-25(27(32)28-22-9-5-10-23(30)17-22)16-21-8-4-7-19-6-2-3-11-24(19)21/h2-17,30H,1H3,(H,28,32)(H,29,31)/b25-16+. The summed E-state index contributed by atoms with van der Waals surface area (Å²) in [6.07, 6.45) is 1.66. The first-order valence-electron chi connectivity index (χ1n) is 10.2. The largest absolute Gasteiger partial charge is 0.508 e. The third kappa shape index (κ3) is 4.84. The molecule has 0 unspecified atom stereocenters. The minimum Gasteiger partial charge on any atom is -0.508 e. The minimum atomic E-state index is -0.496. The minimum absolute atomic E-state index is 0.0334. The highest BCUT2D eigenvalue weighted by molar-refractivity contribution is 6.11. The molecular weight excluding hydrogens is 400 g/mol. The van der Waals surface area contributed by atoms with E-state index in [9.17, 15) is 14.7 Å². The van der Waals surface area contributed by atoms with Gasteiger partial charge in [-0.2, -0.15) is 0 Å². The summed E-state index contributed by atoms with van der Waals surface area (Å²) in [5.41, 5.74) is 2.80. The lowest BCUT2D eigenvalue weighted by atomic mass is 10.0. The van der Waals surface area contributed by atoms with Gasteiger partial charge in [0.15, 0.2) is 0 Å². The second-order valence-corrected chi connectivity index (χ2v) is 7.45. The number of phenolic OH excluding ortho intramolecular Hbond substituents is 1. The van der Waals surface area contributed by atoms with Crippen LogP contribution in [0.25, 0.3) is 16.8 Å². The van der Waals surface area contributed by atoms with Crippen molar-refractivity contribution in [3.63, 3.8) is 0 Å². The van der Waals surface area contributed by atoms with E-state index in [-0.39, 0.29) is 17.4 Å². The number of amides is 2. The number of fused-ring (bicyclic) bond motifs is 1. The molecule has 0 radical (unpaired) electrons. The molecule has 0 aliphatic heterocycles. The molecule has 32 heavy (non-hydrogen) atoms. The molecule has 0 spiro atoms. The predicted octanol–water partition coefficient (Wildman–Crippen LogP) is 5.26. The maximum Gasteiger partial charge on any atom is 0.272 e. The van der Waals surface area contributed by atoms with Gasteiger partial charge >= 0.3 is 0 Å². The summed E-state index contributed by atoms with van der Waals surface area (Å²) in [6.45, 7) is 1.94. The number of hydrogen-bond donors (Lipinski definition) is 3. The summed E-state index contributed by atoms with van der Waals surface area (Å²) < 4.78 is 0. The van der Waals surface area contributed by atoms with Gasteiger partial charge in [-0.05, 0) is 53.6 Å². The highest BCUT2D eigenvalue weighted by Crippen LogP contribution is 2.22. The normalized spacial score (nSPS) is 11.2. The van der Waals surface area contributed by atoms with Crippen LogP contribution in [-0.4, -0.2) is 16.9 Å². The van der Waals surface area contributed by atoms with Crippen LogP contribution < -0.4 is 10.6 Å². The van der Waals surface area contributed by atoms with Crippen LogP contribution in [0.3, 0.4) is 0 Å². The topological polar surface area (TPSA) is 78.4 Å². The van der Waals surface area contributed by atoms with E-state index in [0.29, 0.717) is 11.3 Å². The number of benzene rings is 4. The van der Waals surface area contributed by atoms with Gasteiger partial charge in [-0.3, -0.25) is 9.59 Å². The van der Waals surface area contributed by atoms with Crippen molar-refractivity contribution in [3.05, 3.63) is 113 Å². The number of aromatic hydroxyl groups is 1. The van der Waals surface area contributed by atoms with Crippen LogP contribution in [-0.2, 0) is 4.79 Å². The van der Waals surface area contributed by atoms with Crippen LogP contribution in [0, 0.1) is 6.92 Å². The Kier molecular flexibility index (Phi) is 5.99. The maximum absolute atomic E-state index is 13.1. The number of rotatable bonds is 5. The second-order valence-electron chi connectivity index (χ2n) is 7.45. The molecule has 0 fully saturated rings. The lowest BCUT2D eigenvalue weighted by Gasteiger charge is -2.12. The SMILES string of the molecule is Cc1ccc(C(=O)N/C(=C/c2cccc3ccccc23)C(=O)Nc2cccc(O)c2)cc1. The Labute approximate surface area is 186 Å². The Morgan fingerprint density at radius 2 is 1.56 bits per heavy atom. The van der Waals surface area contributed by atoms with E-state index in [1.807, 2.05) is 61.5 Å². The van der Waals surface area contributed by atoms with E-state index in [1.54, 1.807) is 30.3 Å². The van der Waals surface area contributed by atoms with Crippen molar-refractivity contribution in [1.82, 2.24) is 5.32 Å². The van der Waals surface area contributed by atoms with Crippen molar-refractivity contribution < 1.29 is 14.7 Å². The fraction of sp³-hybridized carbons (Fsp3) is 0.0370. The number of nitrogens with one attached hydrogen (secondary N) is 2. The van der Waals surface area contributed by atoms with Gasteiger partial charge in [0.2, 0.25) is 0 Å². The van der Waals surface area contributed by atoms with E-state index in [0.717, 1.165) is 21.9 Å². The van der Waals surface area contributed by atoms with Crippen LogP contribution >= 0.6 is 0 Å². The molecule has 4 aromatic rings. The van der Waals surface area contributed by atoms with E-state index in [1.165, 1.54) is 12.1 Å². The number of anilines is 1. The average molecular weight is 422 g/mol. The van der Waals surface area contributed by atoms with Gasteiger partial charge < -0.3 is 15.7 Å². The molecule has 5 heteroatoms. The fourth-order valence-corrected chi connectivity index (χ4v) is 3.37. The van der Waals surface area contributed by atoms with Crippen molar-refractivity contribution >= 4 is 34.4 Å². The molecule has 0 heterocycles. The summed E-state index contributed by atoms with van der Waals surface area (Å²) in [5.74, 6) is -0.849. The first-order valence-corrected chi connectivity index (χ1v) is 10.2. The predicted molar refractivity (Wildman–Crippen MR) is 127 cm³/mol. The Morgan fingerprint density at radius 1 is 0.844 bits per heavy atom. The monoisotopic (exact) mass is 422 g/mol. The van der Waals surface area contributed by atoms with Crippen molar-refractivity contribution in [2.24, 2.45) is 0 Å². The fourth-order valence-electron chi connectivity index (χ4n) is 3.37. The quantitative estimate of drug-likeness (QED) is 0.384. The molecule has 5 nitrogen and oxygen atoms in total. The molecule has 4 aromatic carbocycles. The van der Waals surface area contributed by atoms with Crippen LogP contribution in [0.1, 0.15) is 21.5 Å². The molecular formula is C27H22N2O3. The van der Waals surface area contributed by atoms with Gasteiger partial charge in [0.25, 0.3) is 11.8 Å². The molecule has 0 saturated carbocycles. The molecule has 0 aromatic heterocycles. The molecule has 0 aliphatic carbocycles. The van der Waals surface area contributed by atoms with Gasteiger partial charge in [0.1, 0.15) is 11.4 Å². The zero-order chi connectivity index (χ0) is 22.5. The molecule has 0 saturated heterocycles. The van der Waals surface area contributed by atoms with Gasteiger partial charge in [-0.15, -0.1) is 0 Å². The van der Waals surface area contributed by atoms with E-state index in [4.69, 9.17) is 0 Å². The van der Waals surface area contributed by atoms with Crippen molar-refractivity contribution in [2.45, 2.75) is 6.92 Å². The number of aryl methyl sites for hydroxylation is 1. The molecule has 0 bridgehead atoms. The van der Waals surface area contributed by atoms with Crippen LogP contribution in [0.15, 0.2) is 96.7 Å². The maximum atomic E-state index is 13.1. The molecule has 158 valence electrons. The first-order chi connectivity index (χ1) is 15.5. The van der Waals surface area contributed by atoms with Gasteiger partial charge in [0.05, 0.1) is 0 Å². The lowest BCUT2D eigenvalue weighted by molar-refractivity contribution is -0.113. The summed E-state index contributed by atoms with van der Waals surface area (Å²) in [7, 11) is 0. The summed E-state index contributed by atoms with van der Waals surface area (Å²) in [6, 6.07) is 27.0. The smallest absolute Gasteiger partial charge is 0.272 e. The number of carbonyl (C=O) groups is 2. The third-order valence-electron chi connectivity index (χ3n) is 5.03. The second kappa shape index (κ2) is 9.18. The number of phenols is 1. The summed E-state index contributed by atoms with van der Waals surface area (Å²) in [4.78, 5) is 26.0. The highest BCUT2D eigenvalue weighted by Gasteiger charge is 2.16. The zero-order valence-corrected chi connectivity index (χ0v) is 17.5. The van der Waals surface area contributed by atoms with Crippen molar-refractivity contribution in [2.75, 3.05) is 5.32 Å². The summed E-state index contributed by atoms with van der Waals surface area (Å²) >= 11 is 0. The Hall–Kier alpha value is -4.38. The highest BCUT2D eigenvalue weighted by atomic mass is 16.3. The van der Waals surface area contributed by atoms with Gasteiger partial charge in [-0.25, -0.2) is 0 Å². The lowest BCUT2D eigenvalue weighted by Crippen LogP contribution is -2.30. The molecule has 4 rings (SSSR count). The Morgan fingerprint density at radius 3 is 2.34 bits per heavy atom. The van der Waals surface area contributed by atoms with Crippen LogP contribution in [0.2, 0.25) is 0 Å². The average Bonchev–Trinajstić information content (AvgIpc) is 2.79. The van der Waals surface area contributed by atoms with E-state index in [2.05, 4.69) is 10.6 Å². The third-order valence-corrected chi connectivity index (χ3v) is 5.03.